The highest BCUT2D eigenvalue weighted by atomic mass is 16.4. The van der Waals surface area contributed by atoms with Crippen molar-refractivity contribution in [3.05, 3.63) is 59.7 Å². The first-order chi connectivity index (χ1) is 14.5. The molecule has 0 atom stereocenters. The van der Waals surface area contributed by atoms with E-state index in [2.05, 4.69) is 0 Å². The SMILES string of the molecule is O=C(O)CCC(=O)N1CCN(C(=O)N2c3ccccc3C=Cc3ccccc32)CC1. The van der Waals surface area contributed by atoms with Gasteiger partial charge in [0, 0.05) is 32.6 Å². The molecule has 7 heteroatoms. The predicted molar refractivity (Wildman–Crippen MR) is 114 cm³/mol. The average Bonchev–Trinajstić information content (AvgIpc) is 2.94. The molecule has 2 aromatic rings. The molecule has 4 rings (SSSR count). The lowest BCUT2D eigenvalue weighted by Crippen LogP contribution is -2.53. The molecule has 154 valence electrons. The molecule has 2 aliphatic rings. The smallest absolute Gasteiger partial charge is 0.329 e. The Balaban J connectivity index is 1.54. The van der Waals surface area contributed by atoms with E-state index in [4.69, 9.17) is 5.11 Å². The fraction of sp³-hybridized carbons (Fsp3) is 0.261. The van der Waals surface area contributed by atoms with E-state index >= 15 is 0 Å². The van der Waals surface area contributed by atoms with Crippen LogP contribution in [0.15, 0.2) is 48.5 Å². The van der Waals surface area contributed by atoms with Crippen LogP contribution in [0.5, 0.6) is 0 Å². The van der Waals surface area contributed by atoms with Crippen LogP contribution < -0.4 is 4.90 Å². The Morgan fingerprint density at radius 2 is 1.23 bits per heavy atom. The monoisotopic (exact) mass is 405 g/mol. The van der Waals surface area contributed by atoms with Crippen LogP contribution in [0, 0.1) is 0 Å². The third-order valence-corrected chi connectivity index (χ3v) is 5.44. The number of nitrogens with zero attached hydrogens (tertiary/aromatic N) is 3. The fourth-order valence-electron chi connectivity index (χ4n) is 3.84. The Morgan fingerprint density at radius 1 is 0.733 bits per heavy atom. The summed E-state index contributed by atoms with van der Waals surface area (Å²) in [5.74, 6) is -1.16. The van der Waals surface area contributed by atoms with Gasteiger partial charge in [-0.05, 0) is 23.3 Å². The molecule has 0 bridgehead atoms. The van der Waals surface area contributed by atoms with Crippen LogP contribution in [-0.2, 0) is 9.59 Å². The maximum Gasteiger partial charge on any atom is 0.329 e. The second-order valence-electron chi connectivity index (χ2n) is 7.33. The van der Waals surface area contributed by atoms with Crippen molar-refractivity contribution in [1.82, 2.24) is 9.80 Å². The van der Waals surface area contributed by atoms with Crippen LogP contribution in [0.3, 0.4) is 0 Å². The van der Waals surface area contributed by atoms with Crippen LogP contribution >= 0.6 is 0 Å². The fourth-order valence-corrected chi connectivity index (χ4v) is 3.84. The number of aliphatic carboxylic acids is 1. The minimum absolute atomic E-state index is 0.0121. The number of amides is 3. The van der Waals surface area contributed by atoms with Gasteiger partial charge in [-0.3, -0.25) is 14.5 Å². The summed E-state index contributed by atoms with van der Waals surface area (Å²) in [6.45, 7) is 1.62. The number of carboxylic acids is 1. The lowest BCUT2D eigenvalue weighted by Gasteiger charge is -2.38. The van der Waals surface area contributed by atoms with Gasteiger partial charge in [0.2, 0.25) is 5.91 Å². The second-order valence-corrected chi connectivity index (χ2v) is 7.33. The first-order valence-electron chi connectivity index (χ1n) is 9.99. The summed E-state index contributed by atoms with van der Waals surface area (Å²) in [5.41, 5.74) is 3.57. The Hall–Kier alpha value is -3.61. The number of fused-ring (bicyclic) bond motifs is 2. The minimum atomic E-state index is -0.982. The molecule has 0 aliphatic carbocycles. The second kappa shape index (κ2) is 8.41. The lowest BCUT2D eigenvalue weighted by molar-refractivity contribution is -0.141. The van der Waals surface area contributed by atoms with Crippen molar-refractivity contribution in [2.45, 2.75) is 12.8 Å². The predicted octanol–water partition coefficient (Wildman–Crippen LogP) is 3.44. The van der Waals surface area contributed by atoms with Gasteiger partial charge in [-0.2, -0.15) is 0 Å². The standard InChI is InChI=1S/C23H23N3O4/c27-21(11-12-22(28)29)24-13-15-25(16-14-24)23(30)26-19-7-3-1-5-17(19)9-10-18-6-2-4-8-20(18)26/h1-10H,11-16H2,(H,28,29). The Labute approximate surface area is 174 Å². The van der Waals surface area contributed by atoms with Crippen LogP contribution in [0.2, 0.25) is 0 Å². The normalized spacial score (nSPS) is 15.3. The summed E-state index contributed by atoms with van der Waals surface area (Å²) in [4.78, 5) is 41.6. The number of urea groups is 1. The van der Waals surface area contributed by atoms with E-state index in [9.17, 15) is 14.4 Å². The molecule has 0 aromatic heterocycles. The molecule has 2 aliphatic heterocycles. The zero-order valence-corrected chi connectivity index (χ0v) is 16.5. The maximum absolute atomic E-state index is 13.6. The van der Waals surface area contributed by atoms with Gasteiger partial charge < -0.3 is 14.9 Å². The molecular formula is C23H23N3O4. The van der Waals surface area contributed by atoms with Crippen molar-refractivity contribution in [2.24, 2.45) is 0 Å². The van der Waals surface area contributed by atoms with Crippen molar-refractivity contribution in [3.8, 4) is 0 Å². The summed E-state index contributed by atoms with van der Waals surface area (Å²) in [6, 6.07) is 15.4. The molecule has 30 heavy (non-hydrogen) atoms. The van der Waals surface area contributed by atoms with Crippen LogP contribution in [-0.4, -0.2) is 59.0 Å². The quantitative estimate of drug-likeness (QED) is 0.848. The zero-order valence-electron chi connectivity index (χ0n) is 16.5. The Bertz CT molecular complexity index is 960. The van der Waals surface area contributed by atoms with Gasteiger partial charge >= 0.3 is 12.0 Å². The number of rotatable bonds is 3. The number of piperazine rings is 1. The number of anilines is 2. The largest absolute Gasteiger partial charge is 0.481 e. The number of hydrogen-bond acceptors (Lipinski definition) is 3. The third kappa shape index (κ3) is 3.91. The maximum atomic E-state index is 13.6. The van der Waals surface area contributed by atoms with Gasteiger partial charge in [0.1, 0.15) is 0 Å². The average molecular weight is 405 g/mol. The topological polar surface area (TPSA) is 81.2 Å². The van der Waals surface area contributed by atoms with Crippen molar-refractivity contribution < 1.29 is 19.5 Å². The third-order valence-electron chi connectivity index (χ3n) is 5.44. The summed E-state index contributed by atoms with van der Waals surface area (Å²) in [7, 11) is 0. The van der Waals surface area contributed by atoms with E-state index < -0.39 is 5.97 Å². The van der Waals surface area contributed by atoms with E-state index in [1.807, 2.05) is 60.7 Å². The van der Waals surface area contributed by atoms with Crippen molar-refractivity contribution in [2.75, 3.05) is 31.1 Å². The molecule has 2 heterocycles. The molecule has 0 radical (unpaired) electrons. The number of para-hydroxylation sites is 2. The molecule has 1 saturated heterocycles. The van der Waals surface area contributed by atoms with Gasteiger partial charge in [0.25, 0.3) is 0 Å². The van der Waals surface area contributed by atoms with Gasteiger partial charge in [0.15, 0.2) is 0 Å². The molecule has 2 aromatic carbocycles. The first-order valence-corrected chi connectivity index (χ1v) is 9.99. The van der Waals surface area contributed by atoms with E-state index in [1.54, 1.807) is 14.7 Å². The Morgan fingerprint density at radius 3 is 1.77 bits per heavy atom. The number of hydrogen-bond donors (Lipinski definition) is 1. The van der Waals surface area contributed by atoms with E-state index in [1.165, 1.54) is 0 Å². The first kappa shape index (κ1) is 19.7. The number of carbonyl (C=O) groups excluding carboxylic acids is 2. The number of benzene rings is 2. The summed E-state index contributed by atoms with van der Waals surface area (Å²) >= 11 is 0. The molecule has 0 spiro atoms. The van der Waals surface area contributed by atoms with Crippen LogP contribution in [0.25, 0.3) is 12.2 Å². The van der Waals surface area contributed by atoms with Crippen molar-refractivity contribution >= 4 is 41.4 Å². The summed E-state index contributed by atoms with van der Waals surface area (Å²) in [5, 5.41) is 8.77. The van der Waals surface area contributed by atoms with Crippen molar-refractivity contribution in [3.63, 3.8) is 0 Å². The van der Waals surface area contributed by atoms with E-state index in [0.717, 1.165) is 22.5 Å². The van der Waals surface area contributed by atoms with E-state index in [0.29, 0.717) is 26.2 Å². The van der Waals surface area contributed by atoms with Gasteiger partial charge in [0.05, 0.1) is 17.8 Å². The summed E-state index contributed by atoms with van der Waals surface area (Å²) < 4.78 is 0. The Kier molecular flexibility index (Phi) is 5.52. The van der Waals surface area contributed by atoms with Crippen LogP contribution in [0.4, 0.5) is 16.2 Å². The van der Waals surface area contributed by atoms with Gasteiger partial charge in [-0.15, -0.1) is 0 Å². The van der Waals surface area contributed by atoms with Crippen LogP contribution in [0.1, 0.15) is 24.0 Å². The highest BCUT2D eigenvalue weighted by molar-refractivity contribution is 6.05. The summed E-state index contributed by atoms with van der Waals surface area (Å²) in [6.07, 6.45) is 3.84. The van der Waals surface area contributed by atoms with Gasteiger partial charge in [-0.25, -0.2) is 4.79 Å². The van der Waals surface area contributed by atoms with Gasteiger partial charge in [-0.1, -0.05) is 48.6 Å². The molecule has 1 N–H and O–H groups in total. The molecule has 1 fully saturated rings. The minimum Gasteiger partial charge on any atom is -0.481 e. The highest BCUT2D eigenvalue weighted by Crippen LogP contribution is 2.37. The lowest BCUT2D eigenvalue weighted by atomic mass is 10.1. The molecule has 0 saturated carbocycles. The molecule has 0 unspecified atom stereocenters. The molecule has 3 amide bonds. The number of carboxylic acid groups (broad SMARTS) is 1. The zero-order chi connectivity index (χ0) is 21.1. The number of carbonyl (C=O) groups is 3. The van der Waals surface area contributed by atoms with Crippen molar-refractivity contribution in [1.29, 1.82) is 0 Å². The molecular weight excluding hydrogens is 382 g/mol. The van der Waals surface area contributed by atoms with E-state index in [-0.39, 0.29) is 24.8 Å². The highest BCUT2D eigenvalue weighted by Gasteiger charge is 2.31. The molecule has 7 nitrogen and oxygen atoms in total.